The van der Waals surface area contributed by atoms with Crippen molar-refractivity contribution in [3.8, 4) is 5.75 Å². The number of nitrogens with one attached hydrogen (secondary N) is 1. The maximum absolute atomic E-state index is 10.7. The van der Waals surface area contributed by atoms with Gasteiger partial charge in [0.15, 0.2) is 0 Å². The van der Waals surface area contributed by atoms with E-state index in [4.69, 9.17) is 9.84 Å². The molecule has 0 heterocycles. The van der Waals surface area contributed by atoms with Crippen molar-refractivity contribution in [2.45, 2.75) is 6.92 Å². The molecule has 0 saturated heterocycles. The molecule has 0 saturated carbocycles. The first-order valence-electron chi connectivity index (χ1n) is 4.88. The van der Waals surface area contributed by atoms with E-state index in [-0.39, 0.29) is 5.57 Å². The van der Waals surface area contributed by atoms with Crippen LogP contribution in [0.5, 0.6) is 5.75 Å². The third-order valence-electron chi connectivity index (χ3n) is 2.18. The van der Waals surface area contributed by atoms with Crippen LogP contribution in [0.15, 0.2) is 23.8 Å². The molecule has 5 nitrogen and oxygen atoms in total. The van der Waals surface area contributed by atoms with E-state index in [9.17, 15) is 9.59 Å². The smallest absolute Gasteiger partial charge is 0.331 e. The normalized spacial score (nSPS) is 10.8. The number of hydrogen-bond donors (Lipinski definition) is 2. The Morgan fingerprint density at radius 1 is 1.47 bits per heavy atom. The van der Waals surface area contributed by atoms with Crippen molar-refractivity contribution in [3.05, 3.63) is 29.3 Å². The number of methoxy groups -OCH3 is 1. The summed E-state index contributed by atoms with van der Waals surface area (Å²) in [6, 6.07) is 4.99. The minimum Gasteiger partial charge on any atom is -0.497 e. The van der Waals surface area contributed by atoms with E-state index in [1.165, 1.54) is 20.1 Å². The Labute approximate surface area is 98.7 Å². The lowest BCUT2D eigenvalue weighted by atomic mass is 10.1. The van der Waals surface area contributed by atoms with Crippen molar-refractivity contribution in [1.29, 1.82) is 0 Å². The molecule has 0 spiro atoms. The monoisotopic (exact) mass is 235 g/mol. The summed E-state index contributed by atoms with van der Waals surface area (Å²) in [5, 5.41) is 11.3. The van der Waals surface area contributed by atoms with Gasteiger partial charge in [-0.15, -0.1) is 0 Å². The summed E-state index contributed by atoms with van der Waals surface area (Å²) in [5.74, 6) is -0.419. The van der Waals surface area contributed by atoms with Crippen LogP contribution in [0.2, 0.25) is 0 Å². The predicted molar refractivity (Wildman–Crippen MR) is 64.0 cm³/mol. The molecule has 1 aromatic rings. The van der Waals surface area contributed by atoms with E-state index in [2.05, 4.69) is 5.32 Å². The second-order valence-electron chi connectivity index (χ2n) is 3.35. The molecule has 90 valence electrons. The number of aliphatic carboxylic acids is 1. The van der Waals surface area contributed by atoms with Crippen LogP contribution < -0.4 is 10.1 Å². The van der Waals surface area contributed by atoms with Gasteiger partial charge in [-0.05, 0) is 30.7 Å². The molecule has 0 aliphatic carbocycles. The van der Waals surface area contributed by atoms with Crippen LogP contribution in [0.25, 0.3) is 6.08 Å². The van der Waals surface area contributed by atoms with Crippen LogP contribution >= 0.6 is 0 Å². The topological polar surface area (TPSA) is 75.6 Å². The summed E-state index contributed by atoms with van der Waals surface area (Å²) in [5.41, 5.74) is 1.29. The van der Waals surface area contributed by atoms with Crippen molar-refractivity contribution in [3.63, 3.8) is 0 Å². The summed E-state index contributed by atoms with van der Waals surface area (Å²) in [6.07, 6.45) is 2.01. The third-order valence-corrected chi connectivity index (χ3v) is 2.18. The lowest BCUT2D eigenvalue weighted by molar-refractivity contribution is -0.132. The van der Waals surface area contributed by atoms with E-state index in [1.807, 2.05) is 0 Å². The summed E-state index contributed by atoms with van der Waals surface area (Å²) >= 11 is 0. The molecule has 0 bridgehead atoms. The number of ether oxygens (including phenoxy) is 1. The Morgan fingerprint density at radius 2 is 2.18 bits per heavy atom. The standard InChI is InChI=1S/C12H13NO4/c1-8(12(15)16)5-9-3-4-10(17-2)6-11(9)13-7-14/h3-7H,1-2H3,(H,13,14)(H,15,16)/b8-5+. The summed E-state index contributed by atoms with van der Waals surface area (Å²) in [7, 11) is 1.51. The van der Waals surface area contributed by atoms with E-state index in [1.54, 1.807) is 18.2 Å². The van der Waals surface area contributed by atoms with Gasteiger partial charge in [0.05, 0.1) is 12.8 Å². The molecule has 5 heteroatoms. The van der Waals surface area contributed by atoms with E-state index >= 15 is 0 Å². The minimum absolute atomic E-state index is 0.184. The second kappa shape index (κ2) is 5.69. The number of carbonyl (C=O) groups excluding carboxylic acids is 1. The third kappa shape index (κ3) is 3.34. The van der Waals surface area contributed by atoms with Gasteiger partial charge in [0, 0.05) is 11.6 Å². The SMILES string of the molecule is COc1ccc(/C=C(\C)C(=O)O)c(NC=O)c1. The van der Waals surface area contributed by atoms with Crippen LogP contribution in [0.1, 0.15) is 12.5 Å². The van der Waals surface area contributed by atoms with Crippen molar-refractivity contribution >= 4 is 24.1 Å². The quantitative estimate of drug-likeness (QED) is 0.602. The van der Waals surface area contributed by atoms with Crippen LogP contribution in [0.4, 0.5) is 5.69 Å². The first-order chi connectivity index (χ1) is 8.08. The fraction of sp³-hybridized carbons (Fsp3) is 0.167. The van der Waals surface area contributed by atoms with Gasteiger partial charge in [-0.25, -0.2) is 4.79 Å². The lowest BCUT2D eigenvalue weighted by Crippen LogP contribution is -1.99. The molecular formula is C12H13NO4. The van der Waals surface area contributed by atoms with Crippen molar-refractivity contribution < 1.29 is 19.4 Å². The van der Waals surface area contributed by atoms with Crippen molar-refractivity contribution in [2.75, 3.05) is 12.4 Å². The van der Waals surface area contributed by atoms with Gasteiger partial charge in [0.2, 0.25) is 6.41 Å². The average molecular weight is 235 g/mol. The number of amides is 1. The zero-order valence-electron chi connectivity index (χ0n) is 9.56. The van der Waals surface area contributed by atoms with Crippen LogP contribution in [-0.2, 0) is 9.59 Å². The second-order valence-corrected chi connectivity index (χ2v) is 3.35. The predicted octanol–water partition coefficient (Wildman–Crippen LogP) is 1.75. The number of hydrogen-bond acceptors (Lipinski definition) is 3. The molecular weight excluding hydrogens is 222 g/mol. The number of carboxylic acids is 1. The Balaban J connectivity index is 3.18. The Kier molecular flexibility index (Phi) is 4.28. The molecule has 1 amide bonds. The number of rotatable bonds is 5. The minimum atomic E-state index is -1.00. The molecule has 1 aromatic carbocycles. The highest BCUT2D eigenvalue weighted by Crippen LogP contribution is 2.24. The first kappa shape index (κ1) is 12.8. The van der Waals surface area contributed by atoms with Crippen molar-refractivity contribution in [1.82, 2.24) is 0 Å². The van der Waals surface area contributed by atoms with Crippen molar-refractivity contribution in [2.24, 2.45) is 0 Å². The number of carboxylic acid groups (broad SMARTS) is 1. The van der Waals surface area contributed by atoms with E-state index in [0.717, 1.165) is 0 Å². The maximum atomic E-state index is 10.7. The fourth-order valence-corrected chi connectivity index (χ4v) is 1.27. The summed E-state index contributed by atoms with van der Waals surface area (Å²) < 4.78 is 5.02. The molecule has 17 heavy (non-hydrogen) atoms. The van der Waals surface area contributed by atoms with Gasteiger partial charge in [-0.1, -0.05) is 0 Å². The zero-order chi connectivity index (χ0) is 12.8. The molecule has 0 aromatic heterocycles. The molecule has 0 unspecified atom stereocenters. The highest BCUT2D eigenvalue weighted by molar-refractivity contribution is 5.93. The van der Waals surface area contributed by atoms with Gasteiger partial charge >= 0.3 is 5.97 Å². The molecule has 0 fully saturated rings. The number of carbonyl (C=O) groups is 2. The number of benzene rings is 1. The van der Waals surface area contributed by atoms with Gasteiger partial charge in [0.25, 0.3) is 0 Å². The molecule has 1 rings (SSSR count). The van der Waals surface area contributed by atoms with Gasteiger partial charge in [-0.3, -0.25) is 4.79 Å². The van der Waals surface area contributed by atoms with Gasteiger partial charge in [0.1, 0.15) is 5.75 Å². The molecule has 0 atom stereocenters. The maximum Gasteiger partial charge on any atom is 0.331 e. The van der Waals surface area contributed by atoms with Crippen LogP contribution in [-0.4, -0.2) is 24.6 Å². The summed E-state index contributed by atoms with van der Waals surface area (Å²) in [4.78, 5) is 21.2. The highest BCUT2D eigenvalue weighted by atomic mass is 16.5. The highest BCUT2D eigenvalue weighted by Gasteiger charge is 2.05. The fourth-order valence-electron chi connectivity index (χ4n) is 1.27. The largest absolute Gasteiger partial charge is 0.497 e. The van der Waals surface area contributed by atoms with Gasteiger partial charge < -0.3 is 15.2 Å². The number of anilines is 1. The van der Waals surface area contributed by atoms with E-state index < -0.39 is 5.97 Å². The summed E-state index contributed by atoms with van der Waals surface area (Å²) in [6.45, 7) is 1.48. The molecule has 0 aliphatic heterocycles. The van der Waals surface area contributed by atoms with Crippen LogP contribution in [0.3, 0.4) is 0 Å². The van der Waals surface area contributed by atoms with Gasteiger partial charge in [-0.2, -0.15) is 0 Å². The first-order valence-corrected chi connectivity index (χ1v) is 4.88. The zero-order valence-corrected chi connectivity index (χ0v) is 9.56. The van der Waals surface area contributed by atoms with E-state index in [0.29, 0.717) is 23.4 Å². The Bertz CT molecular complexity index is 466. The Hall–Kier alpha value is -2.30. The molecule has 0 aliphatic rings. The molecule has 2 N–H and O–H groups in total. The Morgan fingerprint density at radius 3 is 2.71 bits per heavy atom. The molecule has 0 radical (unpaired) electrons. The van der Waals surface area contributed by atoms with Crippen LogP contribution in [0, 0.1) is 0 Å². The average Bonchev–Trinajstić information content (AvgIpc) is 2.31. The lowest BCUT2D eigenvalue weighted by Gasteiger charge is -2.07.